The van der Waals surface area contributed by atoms with Crippen molar-refractivity contribution in [2.45, 2.75) is 29.7 Å². The summed E-state index contributed by atoms with van der Waals surface area (Å²) in [6.07, 6.45) is 3.01. The number of amides is 2. The first-order valence-corrected chi connectivity index (χ1v) is 14.1. The molecule has 0 aliphatic heterocycles. The molecule has 3 N–H and O–H groups in total. The van der Waals surface area contributed by atoms with Crippen LogP contribution in [0.4, 0.5) is 16.2 Å². The van der Waals surface area contributed by atoms with E-state index in [1.54, 1.807) is 13.8 Å². The molecular weight excluding hydrogens is 556 g/mol. The Morgan fingerprint density at radius 1 is 0.806 bits per heavy atom. The van der Waals surface area contributed by atoms with Gasteiger partial charge in [0, 0.05) is 17.4 Å². The molecule has 0 aliphatic carbocycles. The van der Waals surface area contributed by atoms with Gasteiger partial charge in [-0.15, -0.1) is 0 Å². The van der Waals surface area contributed by atoms with E-state index in [2.05, 4.69) is 10.6 Å². The molecule has 17 heteroatoms. The number of anilines is 2. The molecule has 0 aliphatic rings. The zero-order chi connectivity index (χ0) is 25.9. The second-order valence-electron chi connectivity index (χ2n) is 7.37. The molecule has 0 atom stereocenters. The van der Waals surface area contributed by atoms with Crippen molar-refractivity contribution in [2.75, 3.05) is 16.3 Å². The fourth-order valence-corrected chi connectivity index (χ4v) is 4.69. The van der Waals surface area contributed by atoms with Crippen LogP contribution >= 0.6 is 0 Å². The smallest absolute Gasteiger partial charge is 0.744 e. The Labute approximate surface area is 254 Å². The van der Waals surface area contributed by atoms with Gasteiger partial charge in [0.1, 0.15) is 20.2 Å². The Morgan fingerprint density at radius 2 is 1.22 bits per heavy atom. The van der Waals surface area contributed by atoms with Crippen molar-refractivity contribution < 1.29 is 98.3 Å². The molecule has 0 radical (unpaired) electrons. The van der Waals surface area contributed by atoms with Crippen LogP contribution in [0.25, 0.3) is 12.2 Å². The number of hydrogen-bond acceptors (Lipinski definition) is 9. The summed E-state index contributed by atoms with van der Waals surface area (Å²) in [4.78, 5) is 10.4. The van der Waals surface area contributed by atoms with Crippen LogP contribution in [-0.4, -0.2) is 52.7 Å². The average Bonchev–Trinajstić information content (AvgIpc) is 2.64. The molecule has 0 bridgehead atoms. The summed E-state index contributed by atoms with van der Waals surface area (Å²) < 4.78 is 95.1. The third-order valence-electron chi connectivity index (χ3n) is 3.99. The van der Waals surface area contributed by atoms with E-state index in [0.29, 0.717) is 0 Å². The summed E-state index contributed by atoms with van der Waals surface area (Å²) in [7, 11) is -13.8. The molecule has 36 heavy (non-hydrogen) atoms. The number of carbonyl (C=O) groups is 1. The maximum Gasteiger partial charge on any atom is 1.00 e. The van der Waals surface area contributed by atoms with Gasteiger partial charge in [0.15, 0.2) is 0 Å². The topological polar surface area (TPSA) is 202 Å². The van der Waals surface area contributed by atoms with E-state index in [9.17, 15) is 39.2 Å². The van der Waals surface area contributed by atoms with Crippen LogP contribution < -0.4 is 74.5 Å². The normalized spacial score (nSPS) is 11.9. The summed E-state index contributed by atoms with van der Waals surface area (Å²) in [5.41, 5.74) is -0.477. The van der Waals surface area contributed by atoms with Gasteiger partial charge < -0.3 is 19.7 Å². The molecule has 0 fully saturated rings. The molecule has 0 aromatic heterocycles. The Morgan fingerprint density at radius 3 is 1.61 bits per heavy atom. The van der Waals surface area contributed by atoms with Crippen LogP contribution in [0.5, 0.6) is 0 Å². The second kappa shape index (κ2) is 13.7. The molecule has 0 unspecified atom stereocenters. The molecule has 2 aromatic carbocycles. The number of carbonyl (C=O) groups excluding carboxylic acids is 1. The predicted molar refractivity (Wildman–Crippen MR) is 123 cm³/mol. The fraction of sp³-hybridized carbons (Fsp3) is 0.211. The van der Waals surface area contributed by atoms with Crippen molar-refractivity contribution in [3.63, 3.8) is 0 Å². The van der Waals surface area contributed by atoms with E-state index in [-0.39, 0.29) is 87.7 Å². The van der Waals surface area contributed by atoms with Gasteiger partial charge in [-0.1, -0.05) is 24.3 Å². The van der Waals surface area contributed by atoms with Gasteiger partial charge in [0.2, 0.25) is 10.0 Å². The van der Waals surface area contributed by atoms with Gasteiger partial charge in [-0.2, -0.15) is 0 Å². The quantitative estimate of drug-likeness (QED) is 0.157. The van der Waals surface area contributed by atoms with Crippen LogP contribution in [0.1, 0.15) is 25.0 Å². The van der Waals surface area contributed by atoms with Crippen molar-refractivity contribution in [2.24, 2.45) is 0 Å². The SMILES string of the molecule is CC(C)NC(=O)Nc1ccc(/C=C/c2ccc(NS(C)(=O)=O)cc2S(=O)(=O)[O-])c(S(=O)(=O)[O-])c1.[Na+].[Na+]. The fourth-order valence-electron chi connectivity index (χ4n) is 2.74. The minimum atomic E-state index is -5.06. The molecule has 0 spiro atoms. The number of rotatable bonds is 8. The molecular formula is C19H21N3Na2O9S3. The van der Waals surface area contributed by atoms with Crippen molar-refractivity contribution in [3.8, 4) is 0 Å². The number of urea groups is 1. The van der Waals surface area contributed by atoms with Crippen molar-refractivity contribution in [3.05, 3.63) is 47.5 Å². The van der Waals surface area contributed by atoms with Crippen LogP contribution in [0.2, 0.25) is 0 Å². The van der Waals surface area contributed by atoms with Crippen LogP contribution in [0.15, 0.2) is 46.2 Å². The largest absolute Gasteiger partial charge is 1.00 e. The monoisotopic (exact) mass is 577 g/mol. The molecule has 2 amide bonds. The number of benzene rings is 2. The zero-order valence-corrected chi connectivity index (χ0v) is 26.5. The average molecular weight is 578 g/mol. The number of nitrogens with one attached hydrogen (secondary N) is 3. The number of hydrogen-bond donors (Lipinski definition) is 3. The van der Waals surface area contributed by atoms with E-state index in [4.69, 9.17) is 0 Å². The van der Waals surface area contributed by atoms with E-state index in [0.717, 1.165) is 36.6 Å². The van der Waals surface area contributed by atoms with Gasteiger partial charge >= 0.3 is 65.1 Å². The van der Waals surface area contributed by atoms with Crippen LogP contribution in [0, 0.1) is 0 Å². The summed E-state index contributed by atoms with van der Waals surface area (Å²) >= 11 is 0. The molecule has 2 rings (SSSR count). The molecule has 0 saturated carbocycles. The third-order valence-corrected chi connectivity index (χ3v) is 6.38. The minimum Gasteiger partial charge on any atom is -0.744 e. The van der Waals surface area contributed by atoms with Gasteiger partial charge in [-0.3, -0.25) is 4.72 Å². The van der Waals surface area contributed by atoms with Gasteiger partial charge in [-0.05, 0) is 49.2 Å². The molecule has 186 valence electrons. The van der Waals surface area contributed by atoms with Crippen molar-refractivity contribution in [1.82, 2.24) is 5.32 Å². The first-order chi connectivity index (χ1) is 15.5. The molecule has 12 nitrogen and oxygen atoms in total. The molecule has 2 aromatic rings. The van der Waals surface area contributed by atoms with E-state index in [1.165, 1.54) is 18.2 Å². The molecule has 0 heterocycles. The van der Waals surface area contributed by atoms with Crippen LogP contribution in [0.3, 0.4) is 0 Å². The third kappa shape index (κ3) is 11.2. The zero-order valence-electron chi connectivity index (χ0n) is 20.1. The Hall–Kier alpha value is -0.980. The first-order valence-electron chi connectivity index (χ1n) is 9.39. The van der Waals surface area contributed by atoms with E-state index < -0.39 is 46.1 Å². The summed E-state index contributed by atoms with van der Waals surface area (Å²) in [5, 5.41) is 4.92. The Kier molecular flexibility index (Phi) is 13.3. The Bertz CT molecular complexity index is 1460. The maximum atomic E-state index is 11.8. The van der Waals surface area contributed by atoms with Gasteiger partial charge in [-0.25, -0.2) is 30.0 Å². The first kappa shape index (κ1) is 35.0. The predicted octanol–water partition coefficient (Wildman–Crippen LogP) is -4.43. The summed E-state index contributed by atoms with van der Waals surface area (Å²) in [6.45, 7) is 3.42. The molecule has 0 saturated heterocycles. The van der Waals surface area contributed by atoms with Gasteiger partial charge in [0.25, 0.3) is 0 Å². The second-order valence-corrected chi connectivity index (χ2v) is 11.8. The number of sulfonamides is 1. The van der Waals surface area contributed by atoms with Crippen molar-refractivity contribution >= 4 is 59.8 Å². The summed E-state index contributed by atoms with van der Waals surface area (Å²) in [5.74, 6) is 0. The van der Waals surface area contributed by atoms with Crippen LogP contribution in [-0.2, 0) is 30.3 Å². The summed E-state index contributed by atoms with van der Waals surface area (Å²) in [6, 6.07) is 5.78. The minimum absolute atomic E-state index is 0. The van der Waals surface area contributed by atoms with E-state index >= 15 is 0 Å². The van der Waals surface area contributed by atoms with Crippen molar-refractivity contribution in [1.29, 1.82) is 0 Å². The van der Waals surface area contributed by atoms with E-state index in [1.807, 2.05) is 4.72 Å². The Balaban J connectivity index is 0.00000612. The van der Waals surface area contributed by atoms with Gasteiger partial charge in [0.05, 0.1) is 16.0 Å². The standard InChI is InChI=1S/C19H23N3O9S3.2Na/c1-12(2)20-19(23)21-15-8-6-13(17(10-15)33(26,27)28)4-5-14-7-9-16(22-32(3,24)25)11-18(14)34(29,30)31;;/h4-12,22H,1-3H3,(H2,20,21,23)(H,26,27,28)(H,29,30,31);;/q;2*+1/p-2/b5-4+;;. The maximum absolute atomic E-state index is 11.8.